The highest BCUT2D eigenvalue weighted by molar-refractivity contribution is 5.99. The van der Waals surface area contributed by atoms with E-state index < -0.39 is 0 Å². The first-order chi connectivity index (χ1) is 7.33. The minimum Gasteiger partial charge on any atom is -0.344 e. The van der Waals surface area contributed by atoms with Gasteiger partial charge in [0, 0.05) is 28.7 Å². The number of aldehydes is 1. The van der Waals surface area contributed by atoms with E-state index in [0.29, 0.717) is 5.92 Å². The third-order valence-electron chi connectivity index (χ3n) is 3.42. The Labute approximate surface area is 88.5 Å². The number of para-hydroxylation sites is 1. The predicted octanol–water partition coefficient (Wildman–Crippen LogP) is 2.96. The molecule has 1 aliphatic rings. The summed E-state index contributed by atoms with van der Waals surface area (Å²) in [7, 11) is 0. The molecule has 76 valence electrons. The van der Waals surface area contributed by atoms with E-state index in [2.05, 4.69) is 17.6 Å². The molecule has 0 amide bonds. The molecule has 1 aromatic heterocycles. The van der Waals surface area contributed by atoms with Crippen LogP contribution in [0.15, 0.2) is 24.3 Å². The van der Waals surface area contributed by atoms with E-state index in [1.165, 1.54) is 11.2 Å². The summed E-state index contributed by atoms with van der Waals surface area (Å²) in [6, 6.07) is 8.17. The second-order valence-electron chi connectivity index (χ2n) is 4.28. The SMILES string of the molecule is CC1CCn2c1c(C=O)c1ccccc12. The molecule has 0 N–H and O–H groups in total. The number of benzene rings is 1. The molecule has 0 spiro atoms. The van der Waals surface area contributed by atoms with Gasteiger partial charge in [0.25, 0.3) is 0 Å². The molecule has 1 aromatic carbocycles. The van der Waals surface area contributed by atoms with Crippen LogP contribution in [-0.4, -0.2) is 10.9 Å². The Kier molecular flexibility index (Phi) is 1.72. The lowest BCUT2D eigenvalue weighted by atomic mass is 10.0. The van der Waals surface area contributed by atoms with Crippen LogP contribution in [0.25, 0.3) is 10.9 Å². The van der Waals surface area contributed by atoms with Crippen LogP contribution in [0.1, 0.15) is 35.3 Å². The van der Waals surface area contributed by atoms with Crippen LogP contribution in [0.3, 0.4) is 0 Å². The van der Waals surface area contributed by atoms with Gasteiger partial charge in [-0.3, -0.25) is 4.79 Å². The van der Waals surface area contributed by atoms with Crippen molar-refractivity contribution in [2.24, 2.45) is 0 Å². The van der Waals surface area contributed by atoms with Gasteiger partial charge in [0.1, 0.15) is 0 Å². The minimum atomic E-state index is 0.512. The molecule has 2 heteroatoms. The van der Waals surface area contributed by atoms with Crippen molar-refractivity contribution < 1.29 is 4.79 Å². The van der Waals surface area contributed by atoms with Gasteiger partial charge in [-0.2, -0.15) is 0 Å². The van der Waals surface area contributed by atoms with E-state index in [1.54, 1.807) is 0 Å². The van der Waals surface area contributed by atoms with Gasteiger partial charge in [0.15, 0.2) is 6.29 Å². The average molecular weight is 199 g/mol. The summed E-state index contributed by atoms with van der Waals surface area (Å²) in [6.45, 7) is 3.25. The average Bonchev–Trinajstić information content (AvgIpc) is 2.78. The normalized spacial score (nSPS) is 19.4. The van der Waals surface area contributed by atoms with Gasteiger partial charge in [-0.05, 0) is 18.4 Å². The monoisotopic (exact) mass is 199 g/mol. The molecule has 0 fully saturated rings. The molecule has 2 nitrogen and oxygen atoms in total. The smallest absolute Gasteiger partial charge is 0.152 e. The Balaban J connectivity index is 2.46. The number of fused-ring (bicyclic) bond motifs is 3. The standard InChI is InChI=1S/C13H13NO/c1-9-6-7-14-12-5-3-2-4-10(12)11(8-15)13(9)14/h2-5,8-9H,6-7H2,1H3. The zero-order valence-electron chi connectivity index (χ0n) is 8.73. The Morgan fingerprint density at radius 3 is 3.00 bits per heavy atom. The number of hydrogen-bond acceptors (Lipinski definition) is 1. The largest absolute Gasteiger partial charge is 0.344 e. The highest BCUT2D eigenvalue weighted by atomic mass is 16.1. The second-order valence-corrected chi connectivity index (χ2v) is 4.28. The number of nitrogens with zero attached hydrogens (tertiary/aromatic N) is 1. The maximum atomic E-state index is 11.2. The molecule has 1 aliphatic heterocycles. The number of hydrogen-bond donors (Lipinski definition) is 0. The first-order valence-electron chi connectivity index (χ1n) is 5.39. The maximum Gasteiger partial charge on any atom is 0.152 e. The third kappa shape index (κ3) is 1.02. The zero-order chi connectivity index (χ0) is 10.4. The number of carbonyl (C=O) groups excluding carboxylic acids is 1. The first kappa shape index (κ1) is 8.72. The molecule has 15 heavy (non-hydrogen) atoms. The van der Waals surface area contributed by atoms with Crippen molar-refractivity contribution in [3.63, 3.8) is 0 Å². The van der Waals surface area contributed by atoms with E-state index in [0.717, 1.165) is 30.2 Å². The summed E-state index contributed by atoms with van der Waals surface area (Å²) in [4.78, 5) is 11.2. The van der Waals surface area contributed by atoms with Crippen LogP contribution in [0.5, 0.6) is 0 Å². The van der Waals surface area contributed by atoms with Crippen LogP contribution < -0.4 is 0 Å². The van der Waals surface area contributed by atoms with E-state index in [1.807, 2.05) is 18.2 Å². The Morgan fingerprint density at radius 1 is 1.40 bits per heavy atom. The lowest BCUT2D eigenvalue weighted by molar-refractivity contribution is 0.112. The molecule has 0 saturated carbocycles. The lowest BCUT2D eigenvalue weighted by Crippen LogP contribution is -1.93. The van der Waals surface area contributed by atoms with Gasteiger partial charge in [-0.25, -0.2) is 0 Å². The van der Waals surface area contributed by atoms with Gasteiger partial charge in [0.2, 0.25) is 0 Å². The van der Waals surface area contributed by atoms with Gasteiger partial charge >= 0.3 is 0 Å². The van der Waals surface area contributed by atoms with Gasteiger partial charge in [0.05, 0.1) is 0 Å². The highest BCUT2D eigenvalue weighted by Crippen LogP contribution is 2.36. The first-order valence-corrected chi connectivity index (χ1v) is 5.39. The van der Waals surface area contributed by atoms with Gasteiger partial charge in [-0.1, -0.05) is 25.1 Å². The summed E-state index contributed by atoms with van der Waals surface area (Å²) in [6.07, 6.45) is 2.16. The van der Waals surface area contributed by atoms with Crippen molar-refractivity contribution in [1.82, 2.24) is 4.57 Å². The molecule has 0 radical (unpaired) electrons. The van der Waals surface area contributed by atoms with Crippen LogP contribution in [-0.2, 0) is 6.54 Å². The maximum absolute atomic E-state index is 11.2. The summed E-state index contributed by atoms with van der Waals surface area (Å²) in [5, 5.41) is 1.11. The van der Waals surface area contributed by atoms with E-state index in [-0.39, 0.29) is 0 Å². The second kappa shape index (κ2) is 2.96. The quantitative estimate of drug-likeness (QED) is 0.647. The molecule has 0 aliphatic carbocycles. The van der Waals surface area contributed by atoms with E-state index in [4.69, 9.17) is 0 Å². The molecule has 0 saturated heterocycles. The number of aryl methyl sites for hydroxylation is 1. The molecule has 1 unspecified atom stereocenters. The van der Waals surface area contributed by atoms with Crippen LogP contribution in [0.4, 0.5) is 0 Å². The summed E-state index contributed by atoms with van der Waals surface area (Å²) in [5.41, 5.74) is 3.33. The fraction of sp³-hybridized carbons (Fsp3) is 0.308. The minimum absolute atomic E-state index is 0.512. The molecular weight excluding hydrogens is 186 g/mol. The zero-order valence-corrected chi connectivity index (χ0v) is 8.73. The fourth-order valence-corrected chi connectivity index (χ4v) is 2.71. The third-order valence-corrected chi connectivity index (χ3v) is 3.42. The van der Waals surface area contributed by atoms with Crippen molar-refractivity contribution >= 4 is 17.2 Å². The Bertz CT molecular complexity index is 539. The lowest BCUT2D eigenvalue weighted by Gasteiger charge is -2.01. The van der Waals surface area contributed by atoms with Gasteiger partial charge < -0.3 is 4.57 Å². The van der Waals surface area contributed by atoms with Gasteiger partial charge in [-0.15, -0.1) is 0 Å². The topological polar surface area (TPSA) is 22.0 Å². The summed E-state index contributed by atoms with van der Waals surface area (Å²) < 4.78 is 2.30. The Hall–Kier alpha value is -1.57. The molecule has 2 aromatic rings. The summed E-state index contributed by atoms with van der Waals surface area (Å²) in [5.74, 6) is 0.512. The van der Waals surface area contributed by atoms with E-state index in [9.17, 15) is 4.79 Å². The number of aromatic nitrogens is 1. The highest BCUT2D eigenvalue weighted by Gasteiger charge is 2.25. The van der Waals surface area contributed by atoms with Crippen LogP contribution >= 0.6 is 0 Å². The van der Waals surface area contributed by atoms with Crippen molar-refractivity contribution in [2.75, 3.05) is 0 Å². The molecule has 0 bridgehead atoms. The predicted molar refractivity (Wildman–Crippen MR) is 60.4 cm³/mol. The van der Waals surface area contributed by atoms with Crippen LogP contribution in [0, 0.1) is 0 Å². The van der Waals surface area contributed by atoms with Crippen molar-refractivity contribution in [2.45, 2.75) is 25.8 Å². The molecule has 3 rings (SSSR count). The molecule has 1 atom stereocenters. The molecular formula is C13H13NO. The summed E-state index contributed by atoms with van der Waals surface area (Å²) >= 11 is 0. The Morgan fingerprint density at radius 2 is 2.20 bits per heavy atom. The van der Waals surface area contributed by atoms with Crippen molar-refractivity contribution in [3.8, 4) is 0 Å². The van der Waals surface area contributed by atoms with Crippen molar-refractivity contribution in [3.05, 3.63) is 35.5 Å². The van der Waals surface area contributed by atoms with Crippen LogP contribution in [0.2, 0.25) is 0 Å². The van der Waals surface area contributed by atoms with E-state index >= 15 is 0 Å². The number of carbonyl (C=O) groups is 1. The fourth-order valence-electron chi connectivity index (χ4n) is 2.71. The molecule has 2 heterocycles. The van der Waals surface area contributed by atoms with Crippen molar-refractivity contribution in [1.29, 1.82) is 0 Å². The number of rotatable bonds is 1.